The molecule has 5 heteroatoms. The highest BCUT2D eigenvalue weighted by Crippen LogP contribution is 2.31. The topological polar surface area (TPSA) is 29.3 Å². The molecule has 108 valence electrons. The summed E-state index contributed by atoms with van der Waals surface area (Å²) in [5.41, 5.74) is 6.82. The third-order valence-electron chi connectivity index (χ3n) is 3.23. The first-order valence-corrected chi connectivity index (χ1v) is 8.09. The molecule has 1 aromatic heterocycles. The Bertz CT molecular complexity index is 571. The number of nitrogens with two attached hydrogens (primary N) is 1. The lowest BCUT2D eigenvalue weighted by molar-refractivity contribution is 0.211. The molecule has 0 bridgehead atoms. The molecule has 0 amide bonds. The minimum absolute atomic E-state index is 0.0303. The molecular formula is C15H18BrFN2S. The van der Waals surface area contributed by atoms with Crippen LogP contribution in [0.1, 0.15) is 23.4 Å². The molecule has 1 aromatic carbocycles. The lowest BCUT2D eigenvalue weighted by Gasteiger charge is -2.30. The number of benzene rings is 1. The van der Waals surface area contributed by atoms with Crippen molar-refractivity contribution in [2.24, 2.45) is 5.73 Å². The molecule has 1 heterocycles. The molecule has 20 heavy (non-hydrogen) atoms. The minimum atomic E-state index is -0.171. The summed E-state index contributed by atoms with van der Waals surface area (Å²) in [6.07, 6.45) is 0. The van der Waals surface area contributed by atoms with Gasteiger partial charge < -0.3 is 5.73 Å². The molecule has 0 spiro atoms. The molecule has 2 N–H and O–H groups in total. The van der Waals surface area contributed by atoms with Crippen LogP contribution in [0.15, 0.2) is 40.2 Å². The van der Waals surface area contributed by atoms with Gasteiger partial charge in [-0.15, -0.1) is 11.3 Å². The van der Waals surface area contributed by atoms with Gasteiger partial charge in [0.15, 0.2) is 0 Å². The van der Waals surface area contributed by atoms with Crippen LogP contribution < -0.4 is 5.73 Å². The summed E-state index contributed by atoms with van der Waals surface area (Å²) in [5, 5.41) is 2.04. The van der Waals surface area contributed by atoms with Crippen molar-refractivity contribution in [2.75, 3.05) is 7.05 Å². The van der Waals surface area contributed by atoms with Gasteiger partial charge >= 0.3 is 0 Å². The van der Waals surface area contributed by atoms with Crippen LogP contribution in [0.3, 0.4) is 0 Å². The van der Waals surface area contributed by atoms with E-state index in [2.05, 4.69) is 26.9 Å². The molecule has 2 rings (SSSR count). The van der Waals surface area contributed by atoms with Crippen LogP contribution in [0.4, 0.5) is 4.39 Å². The molecule has 0 fully saturated rings. The molecule has 2 unspecified atom stereocenters. The molecule has 0 aliphatic rings. The van der Waals surface area contributed by atoms with Crippen LogP contribution in [-0.4, -0.2) is 18.0 Å². The van der Waals surface area contributed by atoms with E-state index in [0.29, 0.717) is 12.1 Å². The Morgan fingerprint density at radius 1 is 1.40 bits per heavy atom. The fourth-order valence-corrected chi connectivity index (χ4v) is 4.08. The summed E-state index contributed by atoms with van der Waals surface area (Å²) >= 11 is 5.13. The van der Waals surface area contributed by atoms with Crippen molar-refractivity contribution >= 4 is 27.3 Å². The van der Waals surface area contributed by atoms with Gasteiger partial charge in [0.05, 0.1) is 6.04 Å². The highest BCUT2D eigenvalue weighted by molar-refractivity contribution is 9.10. The third-order valence-corrected chi connectivity index (χ3v) is 4.99. The molecule has 0 aliphatic heterocycles. The van der Waals surface area contributed by atoms with Crippen LogP contribution in [0, 0.1) is 5.82 Å². The molecule has 0 aliphatic carbocycles. The second-order valence-electron chi connectivity index (χ2n) is 4.98. The Morgan fingerprint density at radius 3 is 2.65 bits per heavy atom. The van der Waals surface area contributed by atoms with Gasteiger partial charge in [-0.25, -0.2) is 4.39 Å². The molecular weight excluding hydrogens is 339 g/mol. The molecule has 2 aromatic rings. The van der Waals surface area contributed by atoms with Crippen LogP contribution in [0.25, 0.3) is 0 Å². The van der Waals surface area contributed by atoms with Crippen molar-refractivity contribution < 1.29 is 4.39 Å². The highest BCUT2D eigenvalue weighted by atomic mass is 79.9. The summed E-state index contributed by atoms with van der Waals surface area (Å²) in [6, 6.07) is 8.99. The molecule has 2 atom stereocenters. The maximum absolute atomic E-state index is 13.8. The van der Waals surface area contributed by atoms with Crippen LogP contribution in [0.2, 0.25) is 0 Å². The summed E-state index contributed by atoms with van der Waals surface area (Å²) in [6.45, 7) is 2.52. The van der Waals surface area contributed by atoms with E-state index in [0.717, 1.165) is 4.47 Å². The summed E-state index contributed by atoms with van der Waals surface area (Å²) in [7, 11) is 1.98. The number of nitrogens with zero attached hydrogens (tertiary/aromatic N) is 1. The Hall–Kier alpha value is -0.750. The van der Waals surface area contributed by atoms with E-state index >= 15 is 0 Å². The summed E-state index contributed by atoms with van der Waals surface area (Å²) < 4.78 is 14.8. The largest absolute Gasteiger partial charge is 0.326 e. The maximum Gasteiger partial charge on any atom is 0.127 e. The third kappa shape index (κ3) is 3.67. The SMILES string of the molecule is CC(N)C(c1cc(Br)cs1)N(C)Cc1ccccc1F. The zero-order valence-electron chi connectivity index (χ0n) is 11.5. The quantitative estimate of drug-likeness (QED) is 0.870. The van der Waals surface area contributed by atoms with Crippen molar-refractivity contribution in [1.82, 2.24) is 4.90 Å². The van der Waals surface area contributed by atoms with Crippen LogP contribution >= 0.6 is 27.3 Å². The first kappa shape index (κ1) is 15.6. The molecule has 0 saturated heterocycles. The normalized spacial score (nSPS) is 14.5. The Balaban J connectivity index is 2.20. The standard InChI is InChI=1S/C15H18BrFN2S/c1-10(18)15(14-7-12(16)9-20-14)19(2)8-11-5-3-4-6-13(11)17/h3-7,9-10,15H,8,18H2,1-2H3. The van der Waals surface area contributed by atoms with Gasteiger partial charge in [-0.2, -0.15) is 0 Å². The van der Waals surface area contributed by atoms with E-state index < -0.39 is 0 Å². The van der Waals surface area contributed by atoms with Gasteiger partial charge in [-0.3, -0.25) is 4.90 Å². The Labute approximate surface area is 131 Å². The van der Waals surface area contributed by atoms with Gasteiger partial charge in [0.2, 0.25) is 0 Å². The van der Waals surface area contributed by atoms with E-state index in [4.69, 9.17) is 5.73 Å². The number of halogens is 2. The Morgan fingerprint density at radius 2 is 2.10 bits per heavy atom. The maximum atomic E-state index is 13.8. The lowest BCUT2D eigenvalue weighted by atomic mass is 10.1. The van der Waals surface area contributed by atoms with E-state index in [1.165, 1.54) is 10.9 Å². The predicted octanol–water partition coefficient (Wildman–Crippen LogP) is 4.17. The Kier molecular flexibility index (Phi) is 5.32. The van der Waals surface area contributed by atoms with Gasteiger partial charge in [0.25, 0.3) is 0 Å². The van der Waals surface area contributed by atoms with E-state index in [9.17, 15) is 4.39 Å². The molecule has 0 radical (unpaired) electrons. The lowest BCUT2D eigenvalue weighted by Crippen LogP contribution is -2.36. The monoisotopic (exact) mass is 356 g/mol. The number of rotatable bonds is 5. The fourth-order valence-electron chi connectivity index (χ4n) is 2.35. The van der Waals surface area contributed by atoms with E-state index in [1.54, 1.807) is 17.4 Å². The predicted molar refractivity (Wildman–Crippen MR) is 86.3 cm³/mol. The smallest absolute Gasteiger partial charge is 0.127 e. The van der Waals surface area contributed by atoms with Crippen molar-refractivity contribution in [1.29, 1.82) is 0 Å². The average molecular weight is 357 g/mol. The van der Waals surface area contributed by atoms with Gasteiger partial charge in [0, 0.05) is 32.9 Å². The van der Waals surface area contributed by atoms with Crippen molar-refractivity contribution in [3.63, 3.8) is 0 Å². The van der Waals surface area contributed by atoms with Crippen molar-refractivity contribution in [3.05, 3.63) is 56.4 Å². The number of hydrogen-bond donors (Lipinski definition) is 1. The van der Waals surface area contributed by atoms with Crippen molar-refractivity contribution in [2.45, 2.75) is 25.6 Å². The number of thiophene rings is 1. The van der Waals surface area contributed by atoms with Gasteiger partial charge in [-0.1, -0.05) is 18.2 Å². The second kappa shape index (κ2) is 6.80. The number of likely N-dealkylation sites (N-methyl/N-ethyl adjacent to an activating group) is 1. The second-order valence-corrected chi connectivity index (χ2v) is 6.84. The van der Waals surface area contributed by atoms with Crippen LogP contribution in [-0.2, 0) is 6.54 Å². The minimum Gasteiger partial charge on any atom is -0.326 e. The molecule has 2 nitrogen and oxygen atoms in total. The van der Waals surface area contributed by atoms with Gasteiger partial charge in [-0.05, 0) is 42.0 Å². The average Bonchev–Trinajstić information content (AvgIpc) is 2.78. The zero-order valence-corrected chi connectivity index (χ0v) is 13.9. The zero-order chi connectivity index (χ0) is 14.7. The van der Waals surface area contributed by atoms with E-state index in [-0.39, 0.29) is 17.9 Å². The fraction of sp³-hybridized carbons (Fsp3) is 0.333. The van der Waals surface area contributed by atoms with Crippen LogP contribution in [0.5, 0.6) is 0 Å². The summed E-state index contributed by atoms with van der Waals surface area (Å²) in [4.78, 5) is 3.28. The number of hydrogen-bond acceptors (Lipinski definition) is 3. The van der Waals surface area contributed by atoms with Gasteiger partial charge in [0.1, 0.15) is 5.82 Å². The first-order chi connectivity index (χ1) is 9.49. The highest BCUT2D eigenvalue weighted by Gasteiger charge is 2.23. The van der Waals surface area contributed by atoms with Crippen molar-refractivity contribution in [3.8, 4) is 0 Å². The summed E-state index contributed by atoms with van der Waals surface area (Å²) in [5.74, 6) is -0.171. The first-order valence-electron chi connectivity index (χ1n) is 6.42. The molecule has 0 saturated carbocycles. The van der Waals surface area contributed by atoms with E-state index in [1.807, 2.05) is 31.5 Å².